The van der Waals surface area contributed by atoms with Gasteiger partial charge in [-0.25, -0.2) is 0 Å². The smallest absolute Gasteiger partial charge is 0.308 e. The number of unbranched alkanes of at least 4 members (excludes halogenated alkanes) is 1. The summed E-state index contributed by atoms with van der Waals surface area (Å²) in [6.45, 7) is 7.50. The predicted molar refractivity (Wildman–Crippen MR) is 107 cm³/mol. The largest absolute Gasteiger partial charge is 0.494 e. The van der Waals surface area contributed by atoms with Crippen molar-refractivity contribution in [3.05, 3.63) is 23.8 Å². The van der Waals surface area contributed by atoms with Gasteiger partial charge in [-0.15, -0.1) is 0 Å². The first kappa shape index (κ1) is 22.5. The summed E-state index contributed by atoms with van der Waals surface area (Å²) in [5.74, 6) is -0.229. The predicted octanol–water partition coefficient (Wildman–Crippen LogP) is 2.16. The number of nitrogens with one attached hydrogen (secondary N) is 1. The van der Waals surface area contributed by atoms with Gasteiger partial charge >= 0.3 is 5.97 Å². The minimum atomic E-state index is -0.911. The molecule has 160 valence electrons. The Labute approximate surface area is 171 Å². The van der Waals surface area contributed by atoms with Crippen LogP contribution in [0.1, 0.15) is 50.4 Å². The van der Waals surface area contributed by atoms with E-state index in [4.69, 9.17) is 14.2 Å². The molecule has 0 radical (unpaired) electrons. The molecule has 29 heavy (non-hydrogen) atoms. The van der Waals surface area contributed by atoms with E-state index < -0.39 is 12.0 Å². The summed E-state index contributed by atoms with van der Waals surface area (Å²) < 4.78 is 16.3. The molecule has 0 aromatic heterocycles. The molecule has 1 atom stereocenters. The molecule has 1 aromatic rings. The first-order valence-electron chi connectivity index (χ1n) is 10.2. The highest BCUT2D eigenvalue weighted by molar-refractivity contribution is 6.01. The van der Waals surface area contributed by atoms with Crippen LogP contribution in [0.25, 0.3) is 0 Å². The Hall–Kier alpha value is -2.77. The standard InChI is InChI=1S/C21H30N2O6/c1-4-7-12-29-19(24)14-17-20(25)22-10-11-23(17)21(26)16-9-8-15(27-5-2)13-18(16)28-6-3/h8-9,13,17H,4-7,10-12,14H2,1-3H3,(H,22,25). The first-order chi connectivity index (χ1) is 14.0. The van der Waals surface area contributed by atoms with Gasteiger partial charge in [0.05, 0.1) is 31.8 Å². The van der Waals surface area contributed by atoms with Crippen molar-refractivity contribution in [2.45, 2.75) is 46.1 Å². The second kappa shape index (κ2) is 11.3. The number of piperazine rings is 1. The van der Waals surface area contributed by atoms with Gasteiger partial charge in [-0.3, -0.25) is 14.4 Å². The van der Waals surface area contributed by atoms with E-state index in [0.717, 1.165) is 12.8 Å². The van der Waals surface area contributed by atoms with E-state index in [9.17, 15) is 14.4 Å². The van der Waals surface area contributed by atoms with Crippen LogP contribution in [0.2, 0.25) is 0 Å². The topological polar surface area (TPSA) is 94.2 Å². The van der Waals surface area contributed by atoms with Crippen LogP contribution < -0.4 is 14.8 Å². The molecular formula is C21H30N2O6. The Morgan fingerprint density at radius 2 is 1.93 bits per heavy atom. The molecule has 1 N–H and O–H groups in total. The molecule has 8 heteroatoms. The monoisotopic (exact) mass is 406 g/mol. The number of benzene rings is 1. The summed E-state index contributed by atoms with van der Waals surface area (Å²) >= 11 is 0. The zero-order valence-corrected chi connectivity index (χ0v) is 17.4. The van der Waals surface area contributed by atoms with Crippen LogP contribution in [0.15, 0.2) is 18.2 Å². The number of nitrogens with zero attached hydrogens (tertiary/aromatic N) is 1. The van der Waals surface area contributed by atoms with Crippen molar-refractivity contribution in [2.75, 3.05) is 32.9 Å². The van der Waals surface area contributed by atoms with Crippen molar-refractivity contribution < 1.29 is 28.6 Å². The van der Waals surface area contributed by atoms with Crippen molar-refractivity contribution >= 4 is 17.8 Å². The highest BCUT2D eigenvalue weighted by Gasteiger charge is 2.36. The highest BCUT2D eigenvalue weighted by atomic mass is 16.5. The van der Waals surface area contributed by atoms with Gasteiger partial charge in [-0.2, -0.15) is 0 Å². The first-order valence-corrected chi connectivity index (χ1v) is 10.2. The minimum Gasteiger partial charge on any atom is -0.494 e. The molecule has 1 saturated heterocycles. The number of ether oxygens (including phenoxy) is 3. The van der Waals surface area contributed by atoms with E-state index in [1.807, 2.05) is 20.8 Å². The third-order valence-electron chi connectivity index (χ3n) is 4.51. The van der Waals surface area contributed by atoms with Crippen LogP contribution >= 0.6 is 0 Å². The van der Waals surface area contributed by atoms with Crippen molar-refractivity contribution in [2.24, 2.45) is 0 Å². The molecule has 1 fully saturated rings. The highest BCUT2D eigenvalue weighted by Crippen LogP contribution is 2.27. The van der Waals surface area contributed by atoms with Gasteiger partial charge in [-0.05, 0) is 32.4 Å². The number of rotatable bonds is 10. The number of esters is 1. The summed E-state index contributed by atoms with van der Waals surface area (Å²) in [7, 11) is 0. The third kappa shape index (κ3) is 6.10. The van der Waals surface area contributed by atoms with Gasteiger partial charge < -0.3 is 24.4 Å². The summed E-state index contributed by atoms with van der Waals surface area (Å²) in [5.41, 5.74) is 0.328. The molecular weight excluding hydrogens is 376 g/mol. The normalized spacial score (nSPS) is 16.2. The van der Waals surface area contributed by atoms with E-state index in [1.165, 1.54) is 4.90 Å². The Bertz CT molecular complexity index is 721. The van der Waals surface area contributed by atoms with Crippen molar-refractivity contribution in [3.63, 3.8) is 0 Å². The van der Waals surface area contributed by atoms with Crippen LogP contribution in [0, 0.1) is 0 Å². The lowest BCUT2D eigenvalue weighted by Crippen LogP contribution is -2.57. The second-order valence-electron chi connectivity index (χ2n) is 6.61. The van der Waals surface area contributed by atoms with Gasteiger partial charge in [0, 0.05) is 19.2 Å². The molecule has 2 rings (SSSR count). The van der Waals surface area contributed by atoms with Crippen molar-refractivity contribution in [1.29, 1.82) is 0 Å². The SMILES string of the molecule is CCCCOC(=O)CC1C(=O)NCCN1C(=O)c1ccc(OCC)cc1OCC. The van der Waals surface area contributed by atoms with Gasteiger partial charge in [0.25, 0.3) is 5.91 Å². The molecule has 1 unspecified atom stereocenters. The van der Waals surface area contributed by atoms with Crippen molar-refractivity contribution in [1.82, 2.24) is 10.2 Å². The lowest BCUT2D eigenvalue weighted by atomic mass is 10.1. The lowest BCUT2D eigenvalue weighted by Gasteiger charge is -2.35. The van der Waals surface area contributed by atoms with Crippen LogP contribution in [-0.2, 0) is 14.3 Å². The van der Waals surface area contributed by atoms with E-state index >= 15 is 0 Å². The van der Waals surface area contributed by atoms with Crippen molar-refractivity contribution in [3.8, 4) is 11.5 Å². The molecule has 1 aliphatic heterocycles. The fourth-order valence-corrected chi connectivity index (χ4v) is 3.07. The van der Waals surface area contributed by atoms with Gasteiger partial charge in [-0.1, -0.05) is 13.3 Å². The van der Waals surface area contributed by atoms with Crippen LogP contribution in [0.4, 0.5) is 0 Å². The zero-order valence-electron chi connectivity index (χ0n) is 17.4. The number of hydrogen-bond donors (Lipinski definition) is 1. The van der Waals surface area contributed by atoms with Gasteiger partial charge in [0.15, 0.2) is 0 Å². The average Bonchev–Trinajstić information content (AvgIpc) is 2.70. The molecule has 1 heterocycles. The maximum absolute atomic E-state index is 13.2. The Kier molecular flexibility index (Phi) is 8.76. The number of amides is 2. The Morgan fingerprint density at radius 1 is 1.17 bits per heavy atom. The summed E-state index contributed by atoms with van der Waals surface area (Å²) in [5, 5.41) is 2.71. The molecule has 0 bridgehead atoms. The molecule has 1 aromatic carbocycles. The van der Waals surface area contributed by atoms with E-state index in [2.05, 4.69) is 5.32 Å². The molecule has 0 saturated carbocycles. The van der Waals surface area contributed by atoms with Crippen LogP contribution in [0.3, 0.4) is 0 Å². The fraction of sp³-hybridized carbons (Fsp3) is 0.571. The zero-order chi connectivity index (χ0) is 21.2. The third-order valence-corrected chi connectivity index (χ3v) is 4.51. The van der Waals surface area contributed by atoms with E-state index in [1.54, 1.807) is 18.2 Å². The number of carbonyl (C=O) groups excluding carboxylic acids is 3. The fourth-order valence-electron chi connectivity index (χ4n) is 3.07. The number of hydrogen-bond acceptors (Lipinski definition) is 6. The van der Waals surface area contributed by atoms with E-state index in [0.29, 0.717) is 50.0 Å². The summed E-state index contributed by atoms with van der Waals surface area (Å²) in [6.07, 6.45) is 1.48. The minimum absolute atomic E-state index is 0.178. The molecule has 8 nitrogen and oxygen atoms in total. The Morgan fingerprint density at radius 3 is 2.62 bits per heavy atom. The molecule has 0 aliphatic carbocycles. The quantitative estimate of drug-likeness (QED) is 0.473. The van der Waals surface area contributed by atoms with Gasteiger partial charge in [0.1, 0.15) is 17.5 Å². The lowest BCUT2D eigenvalue weighted by molar-refractivity contribution is -0.147. The van der Waals surface area contributed by atoms with Crippen LogP contribution in [-0.4, -0.2) is 61.6 Å². The summed E-state index contributed by atoms with van der Waals surface area (Å²) in [6, 6.07) is 4.07. The molecule has 2 amide bonds. The van der Waals surface area contributed by atoms with E-state index in [-0.39, 0.29) is 18.2 Å². The second-order valence-corrected chi connectivity index (χ2v) is 6.61. The maximum Gasteiger partial charge on any atom is 0.308 e. The Balaban J connectivity index is 2.21. The van der Waals surface area contributed by atoms with Crippen LogP contribution in [0.5, 0.6) is 11.5 Å². The maximum atomic E-state index is 13.2. The molecule has 0 spiro atoms. The summed E-state index contributed by atoms with van der Waals surface area (Å²) in [4.78, 5) is 39.2. The number of carbonyl (C=O) groups is 3. The molecule has 1 aliphatic rings. The average molecular weight is 406 g/mol. The van der Waals surface area contributed by atoms with Gasteiger partial charge in [0.2, 0.25) is 5.91 Å².